The first-order valence-corrected chi connectivity index (χ1v) is 9.41. The van der Waals surface area contributed by atoms with Crippen LogP contribution in [-0.2, 0) is 21.1 Å². The molecule has 0 spiro atoms. The van der Waals surface area contributed by atoms with E-state index in [0.29, 0.717) is 18.9 Å². The molecule has 21 heavy (non-hydrogen) atoms. The van der Waals surface area contributed by atoms with Gasteiger partial charge in [0.15, 0.2) is 9.84 Å². The van der Waals surface area contributed by atoms with E-state index in [2.05, 4.69) is 21.2 Å². The number of ether oxygens (including phenoxy) is 2. The van der Waals surface area contributed by atoms with Gasteiger partial charge in [-0.25, -0.2) is 8.42 Å². The van der Waals surface area contributed by atoms with E-state index >= 15 is 0 Å². The Balaban J connectivity index is 2.52. The number of methoxy groups -OCH3 is 1. The number of hydrogen-bond acceptors (Lipinski definition) is 5. The van der Waals surface area contributed by atoms with Gasteiger partial charge in [-0.1, -0.05) is 22.9 Å². The quantitative estimate of drug-likeness (QED) is 0.629. The predicted molar refractivity (Wildman–Crippen MR) is 87.5 cm³/mol. The zero-order chi connectivity index (χ0) is 15.7. The molecule has 0 aliphatic carbocycles. The van der Waals surface area contributed by atoms with Crippen LogP contribution >= 0.6 is 15.9 Å². The highest BCUT2D eigenvalue weighted by Crippen LogP contribution is 2.22. The third-order valence-corrected chi connectivity index (χ3v) is 5.36. The van der Waals surface area contributed by atoms with Crippen LogP contribution in [0.3, 0.4) is 0 Å². The Kier molecular flexibility index (Phi) is 8.24. The zero-order valence-corrected chi connectivity index (χ0v) is 14.8. The number of benzene rings is 1. The maximum Gasteiger partial charge on any atom is 0.153 e. The van der Waals surface area contributed by atoms with Gasteiger partial charge in [0.1, 0.15) is 12.4 Å². The van der Waals surface area contributed by atoms with Crippen molar-refractivity contribution in [2.24, 2.45) is 0 Å². The van der Waals surface area contributed by atoms with Crippen molar-refractivity contribution in [1.82, 2.24) is 5.32 Å². The monoisotopic (exact) mass is 379 g/mol. The fraction of sp³-hybridized carbons (Fsp3) is 0.571. The minimum absolute atomic E-state index is 0.0426. The van der Waals surface area contributed by atoms with Crippen molar-refractivity contribution < 1.29 is 17.9 Å². The molecule has 0 saturated heterocycles. The second-order valence-corrected chi connectivity index (χ2v) is 7.83. The summed E-state index contributed by atoms with van der Waals surface area (Å²) in [7, 11) is -1.33. The highest BCUT2D eigenvalue weighted by Gasteiger charge is 2.08. The van der Waals surface area contributed by atoms with Crippen LogP contribution < -0.4 is 10.1 Å². The Labute approximate surface area is 135 Å². The summed E-state index contributed by atoms with van der Waals surface area (Å²) in [5.41, 5.74) is 1.06. The van der Waals surface area contributed by atoms with E-state index in [-0.39, 0.29) is 18.1 Å². The minimum atomic E-state index is -2.99. The average Bonchev–Trinajstić information content (AvgIpc) is 2.46. The van der Waals surface area contributed by atoms with Crippen molar-refractivity contribution in [3.63, 3.8) is 0 Å². The fourth-order valence-electron chi connectivity index (χ4n) is 1.60. The highest BCUT2D eigenvalue weighted by atomic mass is 79.9. The normalized spacial score (nSPS) is 11.6. The van der Waals surface area contributed by atoms with E-state index in [4.69, 9.17) is 9.47 Å². The molecule has 1 rings (SSSR count). The predicted octanol–water partition coefficient (Wildman–Crippen LogP) is 2.00. The molecule has 0 unspecified atom stereocenters. The second-order valence-electron chi connectivity index (χ2n) is 4.51. The molecule has 1 aromatic rings. The van der Waals surface area contributed by atoms with E-state index in [1.165, 1.54) is 0 Å². The molecular formula is C14H22BrNO4S. The second kappa shape index (κ2) is 9.40. The SMILES string of the molecule is CCS(=O)(=O)CCOc1ccc(Br)c(CNCCOC)c1. The summed E-state index contributed by atoms with van der Waals surface area (Å²) in [6.45, 7) is 3.92. The van der Waals surface area contributed by atoms with Gasteiger partial charge in [-0.05, 0) is 23.8 Å². The van der Waals surface area contributed by atoms with Crippen molar-refractivity contribution in [2.45, 2.75) is 13.5 Å². The van der Waals surface area contributed by atoms with Gasteiger partial charge < -0.3 is 14.8 Å². The van der Waals surface area contributed by atoms with Crippen LogP contribution in [0.2, 0.25) is 0 Å². The lowest BCUT2D eigenvalue weighted by atomic mass is 10.2. The van der Waals surface area contributed by atoms with Crippen LogP contribution in [0.25, 0.3) is 0 Å². The maximum absolute atomic E-state index is 11.4. The summed E-state index contributed by atoms with van der Waals surface area (Å²) in [4.78, 5) is 0. The number of halogens is 1. The molecule has 0 saturated carbocycles. The molecule has 0 atom stereocenters. The van der Waals surface area contributed by atoms with E-state index in [1.807, 2.05) is 18.2 Å². The lowest BCUT2D eigenvalue weighted by Gasteiger charge is -2.10. The molecule has 0 aliphatic rings. The first kappa shape index (κ1) is 18.4. The molecule has 0 bridgehead atoms. The van der Waals surface area contributed by atoms with E-state index in [9.17, 15) is 8.42 Å². The molecule has 0 heterocycles. The number of rotatable bonds is 10. The Bertz CT molecular complexity index is 534. The standard InChI is InChI=1S/C14H22BrNO4S/c1-3-21(17,18)9-8-20-13-4-5-14(15)12(10-13)11-16-6-7-19-2/h4-5,10,16H,3,6-9,11H2,1-2H3. The summed E-state index contributed by atoms with van der Waals surface area (Å²) in [6, 6.07) is 5.63. The summed E-state index contributed by atoms with van der Waals surface area (Å²) in [5, 5.41) is 3.25. The van der Waals surface area contributed by atoms with Crippen LogP contribution in [0.15, 0.2) is 22.7 Å². The van der Waals surface area contributed by atoms with E-state index in [0.717, 1.165) is 16.6 Å². The van der Waals surface area contributed by atoms with Gasteiger partial charge in [-0.2, -0.15) is 0 Å². The minimum Gasteiger partial charge on any atom is -0.493 e. The third-order valence-electron chi connectivity index (χ3n) is 2.92. The fourth-order valence-corrected chi connectivity index (χ4v) is 2.62. The Hall–Kier alpha value is -0.630. The molecule has 0 amide bonds. The largest absolute Gasteiger partial charge is 0.493 e. The molecule has 0 fully saturated rings. The van der Waals surface area contributed by atoms with Crippen LogP contribution in [0.5, 0.6) is 5.75 Å². The summed E-state index contributed by atoms with van der Waals surface area (Å²) < 4.78 is 34.3. The van der Waals surface area contributed by atoms with Crippen molar-refractivity contribution in [3.8, 4) is 5.75 Å². The van der Waals surface area contributed by atoms with Gasteiger partial charge in [-0.15, -0.1) is 0 Å². The smallest absolute Gasteiger partial charge is 0.153 e. The van der Waals surface area contributed by atoms with Crippen LogP contribution in [0, 0.1) is 0 Å². The topological polar surface area (TPSA) is 64.6 Å². The summed E-state index contributed by atoms with van der Waals surface area (Å²) in [6.07, 6.45) is 0. The molecule has 7 heteroatoms. The molecule has 0 aromatic heterocycles. The average molecular weight is 380 g/mol. The third kappa shape index (κ3) is 7.26. The van der Waals surface area contributed by atoms with Crippen molar-refractivity contribution >= 4 is 25.8 Å². The zero-order valence-electron chi connectivity index (χ0n) is 12.4. The first-order valence-electron chi connectivity index (χ1n) is 6.80. The number of hydrogen-bond donors (Lipinski definition) is 1. The first-order chi connectivity index (χ1) is 9.98. The van der Waals surface area contributed by atoms with Gasteiger partial charge in [0.2, 0.25) is 0 Å². The Morgan fingerprint density at radius 2 is 2.05 bits per heavy atom. The molecule has 0 aliphatic heterocycles. The Morgan fingerprint density at radius 1 is 1.29 bits per heavy atom. The van der Waals surface area contributed by atoms with Gasteiger partial charge in [0, 0.05) is 30.4 Å². The maximum atomic E-state index is 11.4. The van der Waals surface area contributed by atoms with Crippen LogP contribution in [-0.4, -0.2) is 46.8 Å². The molecule has 120 valence electrons. The van der Waals surface area contributed by atoms with Crippen molar-refractivity contribution in [1.29, 1.82) is 0 Å². The summed E-state index contributed by atoms with van der Waals surface area (Å²) in [5.74, 6) is 0.861. The van der Waals surface area contributed by atoms with Crippen LogP contribution in [0.1, 0.15) is 12.5 Å². The molecular weight excluding hydrogens is 358 g/mol. The molecule has 1 aromatic carbocycles. The van der Waals surface area contributed by atoms with Crippen LogP contribution in [0.4, 0.5) is 0 Å². The number of nitrogens with one attached hydrogen (secondary N) is 1. The Morgan fingerprint density at radius 3 is 2.71 bits per heavy atom. The molecule has 0 radical (unpaired) electrons. The van der Waals surface area contributed by atoms with Crippen molar-refractivity contribution in [3.05, 3.63) is 28.2 Å². The van der Waals surface area contributed by atoms with Gasteiger partial charge in [0.25, 0.3) is 0 Å². The highest BCUT2D eigenvalue weighted by molar-refractivity contribution is 9.10. The molecule has 5 nitrogen and oxygen atoms in total. The lowest BCUT2D eigenvalue weighted by Crippen LogP contribution is -2.19. The van der Waals surface area contributed by atoms with Gasteiger partial charge in [-0.3, -0.25) is 0 Å². The van der Waals surface area contributed by atoms with E-state index < -0.39 is 9.84 Å². The van der Waals surface area contributed by atoms with Gasteiger partial charge in [0.05, 0.1) is 12.4 Å². The van der Waals surface area contributed by atoms with Crippen molar-refractivity contribution in [2.75, 3.05) is 38.4 Å². The lowest BCUT2D eigenvalue weighted by molar-refractivity contribution is 0.199. The molecule has 1 N–H and O–H groups in total. The van der Waals surface area contributed by atoms with Gasteiger partial charge >= 0.3 is 0 Å². The summed E-state index contributed by atoms with van der Waals surface area (Å²) >= 11 is 3.49. The van der Waals surface area contributed by atoms with E-state index in [1.54, 1.807) is 14.0 Å². The number of sulfone groups is 1.